The van der Waals surface area contributed by atoms with Gasteiger partial charge in [-0.05, 0) is 52.3 Å². The fraction of sp³-hybridized carbons (Fsp3) is 0.188. The Morgan fingerprint density at radius 2 is 1.67 bits per heavy atom. The van der Waals surface area contributed by atoms with E-state index in [2.05, 4.69) is 26.0 Å². The Hall–Kier alpha value is -2.22. The van der Waals surface area contributed by atoms with Crippen molar-refractivity contribution in [3.8, 4) is 11.5 Å². The van der Waals surface area contributed by atoms with E-state index in [1.165, 1.54) is 12.1 Å². The Balaban J connectivity index is 1.76. The van der Waals surface area contributed by atoms with Crippen LogP contribution in [0.5, 0.6) is 11.5 Å². The van der Waals surface area contributed by atoms with Crippen molar-refractivity contribution in [2.45, 2.75) is 6.36 Å². The summed E-state index contributed by atoms with van der Waals surface area (Å²) < 4.78 is 45.9. The van der Waals surface area contributed by atoms with E-state index < -0.39 is 6.36 Å². The van der Waals surface area contributed by atoms with Gasteiger partial charge in [0, 0.05) is 4.47 Å². The number of benzene rings is 2. The summed E-state index contributed by atoms with van der Waals surface area (Å²) in [4.78, 5) is 11.9. The molecule has 1 amide bonds. The summed E-state index contributed by atoms with van der Waals surface area (Å²) >= 11 is 3.29. The quantitative estimate of drug-likeness (QED) is 0.736. The van der Waals surface area contributed by atoms with Gasteiger partial charge in [-0.15, -0.1) is 13.2 Å². The van der Waals surface area contributed by atoms with Crippen molar-refractivity contribution in [2.75, 3.05) is 13.2 Å². The van der Waals surface area contributed by atoms with Crippen LogP contribution in [-0.4, -0.2) is 25.4 Å². The fourth-order valence-corrected chi connectivity index (χ4v) is 2.28. The predicted molar refractivity (Wildman–Crippen MR) is 85.1 cm³/mol. The van der Waals surface area contributed by atoms with Gasteiger partial charge in [-0.1, -0.05) is 12.1 Å². The highest BCUT2D eigenvalue weighted by Gasteiger charge is 2.30. The Kier molecular flexibility index (Phi) is 6.08. The van der Waals surface area contributed by atoms with E-state index in [-0.39, 0.29) is 24.8 Å². The molecule has 128 valence electrons. The molecule has 0 saturated heterocycles. The molecule has 0 aliphatic carbocycles. The highest BCUT2D eigenvalue weighted by Crippen LogP contribution is 2.24. The van der Waals surface area contributed by atoms with Crippen molar-refractivity contribution in [2.24, 2.45) is 0 Å². The molecule has 0 aliphatic rings. The van der Waals surface area contributed by atoms with Gasteiger partial charge in [-0.3, -0.25) is 4.79 Å². The van der Waals surface area contributed by atoms with E-state index in [1.807, 2.05) is 0 Å². The SMILES string of the molecule is O=C(NCCOc1ccc(OC(F)(F)F)cc1)c1ccccc1Br. The third-order valence-electron chi connectivity index (χ3n) is 2.83. The van der Waals surface area contributed by atoms with Gasteiger partial charge in [0.1, 0.15) is 18.1 Å². The normalized spacial score (nSPS) is 11.0. The molecule has 1 N–H and O–H groups in total. The number of carbonyl (C=O) groups excluding carboxylic acids is 1. The van der Waals surface area contributed by atoms with Crippen LogP contribution in [0.1, 0.15) is 10.4 Å². The Morgan fingerprint density at radius 3 is 2.29 bits per heavy atom. The molecule has 0 bridgehead atoms. The van der Waals surface area contributed by atoms with Crippen LogP contribution in [0.2, 0.25) is 0 Å². The maximum atomic E-state index is 12.0. The number of carbonyl (C=O) groups is 1. The maximum Gasteiger partial charge on any atom is 0.573 e. The van der Waals surface area contributed by atoms with Crippen LogP contribution >= 0.6 is 15.9 Å². The summed E-state index contributed by atoms with van der Waals surface area (Å²) in [5.41, 5.74) is 0.506. The lowest BCUT2D eigenvalue weighted by Gasteiger charge is -2.11. The van der Waals surface area contributed by atoms with Gasteiger partial charge in [-0.25, -0.2) is 0 Å². The second-order valence-electron chi connectivity index (χ2n) is 4.60. The Labute approximate surface area is 144 Å². The molecule has 24 heavy (non-hydrogen) atoms. The predicted octanol–water partition coefficient (Wildman–Crippen LogP) is 4.16. The first kappa shape index (κ1) is 18.1. The summed E-state index contributed by atoms with van der Waals surface area (Å²) in [5, 5.41) is 2.69. The smallest absolute Gasteiger partial charge is 0.492 e. The summed E-state index contributed by atoms with van der Waals surface area (Å²) in [6.07, 6.45) is -4.72. The summed E-state index contributed by atoms with van der Waals surface area (Å²) in [7, 11) is 0. The Bertz CT molecular complexity index is 690. The minimum absolute atomic E-state index is 0.176. The van der Waals surface area contributed by atoms with E-state index in [0.29, 0.717) is 15.8 Å². The summed E-state index contributed by atoms with van der Waals surface area (Å²) in [5.74, 6) is -0.197. The van der Waals surface area contributed by atoms with Crippen molar-refractivity contribution in [1.82, 2.24) is 5.32 Å². The van der Waals surface area contributed by atoms with Crippen molar-refractivity contribution < 1.29 is 27.4 Å². The molecule has 2 aromatic rings. The zero-order valence-electron chi connectivity index (χ0n) is 12.3. The Morgan fingerprint density at radius 1 is 1.04 bits per heavy atom. The lowest BCUT2D eigenvalue weighted by molar-refractivity contribution is -0.274. The third kappa shape index (κ3) is 5.77. The van der Waals surface area contributed by atoms with Gasteiger partial charge < -0.3 is 14.8 Å². The third-order valence-corrected chi connectivity index (χ3v) is 3.52. The molecular formula is C16H13BrF3NO3. The van der Waals surface area contributed by atoms with Crippen LogP contribution in [0.4, 0.5) is 13.2 Å². The van der Waals surface area contributed by atoms with Crippen LogP contribution < -0.4 is 14.8 Å². The topological polar surface area (TPSA) is 47.6 Å². The summed E-state index contributed by atoms with van der Waals surface area (Å²) in [6, 6.07) is 12.0. The molecule has 0 heterocycles. The average molecular weight is 404 g/mol. The van der Waals surface area contributed by atoms with Gasteiger partial charge in [0.05, 0.1) is 12.1 Å². The molecule has 2 rings (SSSR count). The molecule has 0 unspecified atom stereocenters. The van der Waals surface area contributed by atoms with Crippen LogP contribution in [0, 0.1) is 0 Å². The van der Waals surface area contributed by atoms with Crippen LogP contribution in [0.15, 0.2) is 53.0 Å². The van der Waals surface area contributed by atoms with E-state index in [4.69, 9.17) is 4.74 Å². The first-order valence-corrected chi connectivity index (χ1v) is 7.66. The zero-order valence-corrected chi connectivity index (χ0v) is 13.9. The zero-order chi connectivity index (χ0) is 17.6. The molecule has 8 heteroatoms. The first-order valence-electron chi connectivity index (χ1n) is 6.86. The molecule has 0 aromatic heterocycles. The minimum atomic E-state index is -4.72. The monoisotopic (exact) mass is 403 g/mol. The van der Waals surface area contributed by atoms with Crippen molar-refractivity contribution in [3.05, 3.63) is 58.6 Å². The van der Waals surface area contributed by atoms with Gasteiger partial charge in [0.25, 0.3) is 5.91 Å². The number of amides is 1. The molecule has 0 saturated carbocycles. The van der Waals surface area contributed by atoms with Crippen LogP contribution in [0.3, 0.4) is 0 Å². The van der Waals surface area contributed by atoms with Gasteiger partial charge in [0.2, 0.25) is 0 Å². The number of alkyl halides is 3. The minimum Gasteiger partial charge on any atom is -0.492 e. The number of hydrogen-bond donors (Lipinski definition) is 1. The fourth-order valence-electron chi connectivity index (χ4n) is 1.81. The van der Waals surface area contributed by atoms with Gasteiger partial charge in [0.15, 0.2) is 0 Å². The van der Waals surface area contributed by atoms with E-state index in [9.17, 15) is 18.0 Å². The summed E-state index contributed by atoms with van der Waals surface area (Å²) in [6.45, 7) is 0.427. The van der Waals surface area contributed by atoms with Crippen LogP contribution in [0.25, 0.3) is 0 Å². The molecule has 0 radical (unpaired) electrons. The average Bonchev–Trinajstić information content (AvgIpc) is 2.52. The highest BCUT2D eigenvalue weighted by atomic mass is 79.9. The molecule has 0 aliphatic heterocycles. The van der Waals surface area contributed by atoms with Crippen molar-refractivity contribution in [1.29, 1.82) is 0 Å². The lowest BCUT2D eigenvalue weighted by atomic mass is 10.2. The molecular weight excluding hydrogens is 391 g/mol. The van der Waals surface area contributed by atoms with Crippen LogP contribution in [-0.2, 0) is 0 Å². The maximum absolute atomic E-state index is 12.0. The van der Waals surface area contributed by atoms with Crippen molar-refractivity contribution >= 4 is 21.8 Å². The molecule has 4 nitrogen and oxygen atoms in total. The number of rotatable bonds is 6. The van der Waals surface area contributed by atoms with Crippen molar-refractivity contribution in [3.63, 3.8) is 0 Å². The highest BCUT2D eigenvalue weighted by molar-refractivity contribution is 9.10. The largest absolute Gasteiger partial charge is 0.573 e. The number of ether oxygens (including phenoxy) is 2. The van der Waals surface area contributed by atoms with E-state index in [1.54, 1.807) is 24.3 Å². The molecule has 0 fully saturated rings. The van der Waals surface area contributed by atoms with E-state index >= 15 is 0 Å². The first-order chi connectivity index (χ1) is 11.3. The second kappa shape index (κ2) is 8.05. The standard InChI is InChI=1S/C16H13BrF3NO3/c17-14-4-2-1-3-13(14)15(22)21-9-10-23-11-5-7-12(8-6-11)24-16(18,19)20/h1-8H,9-10H2,(H,21,22). The lowest BCUT2D eigenvalue weighted by Crippen LogP contribution is -2.28. The number of halogens is 4. The van der Waals surface area contributed by atoms with E-state index in [0.717, 1.165) is 12.1 Å². The number of hydrogen-bond acceptors (Lipinski definition) is 3. The second-order valence-corrected chi connectivity index (χ2v) is 5.46. The molecule has 2 aromatic carbocycles. The number of nitrogens with one attached hydrogen (secondary N) is 1. The van der Waals surface area contributed by atoms with Gasteiger partial charge in [-0.2, -0.15) is 0 Å². The molecule has 0 atom stereocenters. The van der Waals surface area contributed by atoms with Gasteiger partial charge >= 0.3 is 6.36 Å². The molecule has 0 spiro atoms.